The molecule has 14 heteroatoms. The maximum atomic E-state index is 13.7. The summed E-state index contributed by atoms with van der Waals surface area (Å²) in [6, 6.07) is 8.24. The zero-order valence-corrected chi connectivity index (χ0v) is 22.6. The molecule has 0 unspecified atom stereocenters. The minimum atomic E-state index is -1.26. The van der Waals surface area contributed by atoms with Crippen LogP contribution in [0.2, 0.25) is 10.0 Å². The van der Waals surface area contributed by atoms with Gasteiger partial charge in [0.05, 0.1) is 42.6 Å². The molecule has 0 saturated carbocycles. The molecule has 38 heavy (non-hydrogen) atoms. The molecule has 3 aromatic rings. The summed E-state index contributed by atoms with van der Waals surface area (Å²) in [4.78, 5) is 54.9. The average molecular weight is 567 g/mol. The van der Waals surface area contributed by atoms with Crippen LogP contribution in [0.25, 0.3) is 5.69 Å². The van der Waals surface area contributed by atoms with E-state index in [1.807, 2.05) is 0 Å². The Morgan fingerprint density at radius 2 is 1.50 bits per heavy atom. The molecule has 0 bridgehead atoms. The molecule has 1 aliphatic rings. The van der Waals surface area contributed by atoms with Crippen LogP contribution in [0.5, 0.6) is 11.5 Å². The summed E-state index contributed by atoms with van der Waals surface area (Å²) in [5.74, 6) is -0.996. The first-order valence-electron chi connectivity index (χ1n) is 11.2. The summed E-state index contributed by atoms with van der Waals surface area (Å²) < 4.78 is 22.1. The fraction of sp³-hybridized carbons (Fsp3) is 0.333. The quantitative estimate of drug-likeness (QED) is 0.399. The van der Waals surface area contributed by atoms with Gasteiger partial charge in [-0.25, -0.2) is 14.4 Å². The third-order valence-corrected chi connectivity index (χ3v) is 6.88. The van der Waals surface area contributed by atoms with E-state index in [-0.39, 0.29) is 21.4 Å². The van der Waals surface area contributed by atoms with Crippen LogP contribution in [-0.2, 0) is 9.53 Å². The number of hydrogen-bond donors (Lipinski definition) is 0. The van der Waals surface area contributed by atoms with Crippen LogP contribution in [0.15, 0.2) is 50.5 Å². The molecule has 1 aromatic heterocycles. The molecule has 1 atom stereocenters. The summed E-state index contributed by atoms with van der Waals surface area (Å²) in [7, 11) is 4.06. The van der Waals surface area contributed by atoms with E-state index in [0.717, 1.165) is 9.31 Å². The van der Waals surface area contributed by atoms with Crippen molar-refractivity contribution in [3.05, 3.63) is 67.5 Å². The molecule has 4 rings (SSSR count). The number of methoxy groups -OCH3 is 3. The molecule has 2 heterocycles. The first-order chi connectivity index (χ1) is 18.0. The van der Waals surface area contributed by atoms with Crippen molar-refractivity contribution in [2.24, 2.45) is 0 Å². The van der Waals surface area contributed by atoms with Gasteiger partial charge in [-0.15, -0.1) is 4.74 Å². The van der Waals surface area contributed by atoms with Crippen LogP contribution in [0.1, 0.15) is 20.0 Å². The van der Waals surface area contributed by atoms with E-state index in [2.05, 4.69) is 0 Å². The second-order valence-electron chi connectivity index (χ2n) is 8.78. The maximum absolute atomic E-state index is 13.7. The normalized spacial score (nSPS) is 16.6. The first-order valence-corrected chi connectivity index (χ1v) is 11.9. The van der Waals surface area contributed by atoms with E-state index in [1.165, 1.54) is 55.4 Å². The van der Waals surface area contributed by atoms with Crippen LogP contribution in [0.4, 0.5) is 10.5 Å². The van der Waals surface area contributed by atoms with Gasteiger partial charge in [-0.3, -0.25) is 9.69 Å². The lowest BCUT2D eigenvalue weighted by atomic mass is 10.0. The number of nitrogens with zero attached hydrogens (tertiary/aromatic N) is 4. The number of amides is 2. The summed E-state index contributed by atoms with van der Waals surface area (Å²) in [5.41, 5.74) is -1.75. The van der Waals surface area contributed by atoms with Crippen molar-refractivity contribution in [3.63, 3.8) is 0 Å². The second-order valence-corrected chi connectivity index (χ2v) is 9.60. The van der Waals surface area contributed by atoms with E-state index in [1.54, 1.807) is 26.0 Å². The van der Waals surface area contributed by atoms with Crippen molar-refractivity contribution in [3.8, 4) is 17.2 Å². The molecule has 0 radical (unpaired) electrons. The molecule has 1 fully saturated rings. The van der Waals surface area contributed by atoms with Gasteiger partial charge in [0, 0.05) is 5.69 Å². The number of rotatable bonds is 7. The highest BCUT2D eigenvalue weighted by Crippen LogP contribution is 2.43. The fourth-order valence-electron chi connectivity index (χ4n) is 4.36. The summed E-state index contributed by atoms with van der Waals surface area (Å²) in [5, 5.41) is 0.360. The molecule has 0 N–H and O–H groups in total. The monoisotopic (exact) mass is 566 g/mol. The lowest BCUT2D eigenvalue weighted by molar-refractivity contribution is -0.142. The van der Waals surface area contributed by atoms with Crippen molar-refractivity contribution >= 4 is 40.9 Å². The Hall–Kier alpha value is -3.90. The van der Waals surface area contributed by atoms with Crippen molar-refractivity contribution in [1.82, 2.24) is 14.2 Å². The predicted molar refractivity (Wildman–Crippen MR) is 138 cm³/mol. The van der Waals surface area contributed by atoms with E-state index in [0.29, 0.717) is 11.5 Å². The van der Waals surface area contributed by atoms with Gasteiger partial charge < -0.3 is 23.6 Å². The molecule has 0 spiro atoms. The van der Waals surface area contributed by atoms with Crippen LogP contribution >= 0.6 is 23.2 Å². The van der Waals surface area contributed by atoms with Crippen LogP contribution in [-0.4, -0.2) is 59.6 Å². The topological polar surface area (TPSA) is 125 Å². The van der Waals surface area contributed by atoms with Crippen LogP contribution in [0.3, 0.4) is 0 Å². The maximum Gasteiger partial charge on any atom is 0.447 e. The number of esters is 1. The molecule has 2 amide bonds. The van der Waals surface area contributed by atoms with Crippen molar-refractivity contribution < 1.29 is 28.3 Å². The number of aromatic nitrogens is 2. The SMILES string of the molecule is COC(=O)CN1C(=O)N(c2ccc(OC)c(Cl)c2)[C@H](n2oc(=O)n(-c3ccc(OC)c(Cl)c3)c2=O)C1(C)C. The van der Waals surface area contributed by atoms with Gasteiger partial charge in [0.25, 0.3) is 0 Å². The number of hydrogen-bond acceptors (Lipinski definition) is 8. The van der Waals surface area contributed by atoms with Gasteiger partial charge in [-0.2, -0.15) is 4.57 Å². The highest BCUT2D eigenvalue weighted by Gasteiger charge is 2.56. The van der Waals surface area contributed by atoms with Gasteiger partial charge in [0.15, 0.2) is 6.17 Å². The number of carbonyl (C=O) groups is 2. The van der Waals surface area contributed by atoms with Gasteiger partial charge in [0.2, 0.25) is 0 Å². The van der Waals surface area contributed by atoms with Crippen LogP contribution < -0.4 is 25.8 Å². The Morgan fingerprint density at radius 3 is 2.03 bits per heavy atom. The number of carbonyl (C=O) groups excluding carboxylic acids is 2. The first kappa shape index (κ1) is 27.1. The summed E-state index contributed by atoms with van der Waals surface area (Å²) >= 11 is 12.5. The van der Waals surface area contributed by atoms with E-state index >= 15 is 0 Å². The number of anilines is 1. The van der Waals surface area contributed by atoms with Crippen molar-refractivity contribution in [1.29, 1.82) is 0 Å². The number of ether oxygens (including phenoxy) is 3. The highest BCUT2D eigenvalue weighted by atomic mass is 35.5. The smallest absolute Gasteiger partial charge is 0.447 e. The Morgan fingerprint density at radius 1 is 0.947 bits per heavy atom. The second kappa shape index (κ2) is 10.1. The van der Waals surface area contributed by atoms with Crippen molar-refractivity contribution in [2.75, 3.05) is 32.8 Å². The zero-order chi connectivity index (χ0) is 27.9. The molecule has 12 nitrogen and oxygen atoms in total. The third kappa shape index (κ3) is 4.39. The zero-order valence-electron chi connectivity index (χ0n) is 21.1. The fourth-order valence-corrected chi connectivity index (χ4v) is 4.86. The lowest BCUT2D eigenvalue weighted by Gasteiger charge is -2.33. The van der Waals surface area contributed by atoms with Gasteiger partial charge >= 0.3 is 23.4 Å². The molecule has 1 aliphatic heterocycles. The highest BCUT2D eigenvalue weighted by molar-refractivity contribution is 6.32. The van der Waals surface area contributed by atoms with Gasteiger partial charge in [-0.1, -0.05) is 23.2 Å². The molecule has 2 aromatic carbocycles. The van der Waals surface area contributed by atoms with Crippen molar-refractivity contribution in [2.45, 2.75) is 25.6 Å². The number of benzene rings is 2. The van der Waals surface area contributed by atoms with E-state index in [9.17, 15) is 19.2 Å². The predicted octanol–water partition coefficient (Wildman–Crippen LogP) is 3.31. The molecule has 1 saturated heterocycles. The van der Waals surface area contributed by atoms with Crippen LogP contribution in [0, 0.1) is 0 Å². The van der Waals surface area contributed by atoms with Gasteiger partial charge in [0.1, 0.15) is 18.0 Å². The van der Waals surface area contributed by atoms with Gasteiger partial charge in [-0.05, 0) is 50.2 Å². The van der Waals surface area contributed by atoms with E-state index in [4.69, 9.17) is 41.9 Å². The standard InChI is InChI=1S/C24H24Cl2N4O8/c1-24(2)20(30-22(33)29(23(34)38-30)14-7-9-18(36-4)16(26)11-14)28(21(32)27(24)12-19(31)37-5)13-6-8-17(35-3)15(25)10-13/h6-11,20H,12H2,1-5H3/t20-/m1/s1. The Balaban J connectivity index is 1.92. The Bertz CT molecular complexity index is 1530. The molecule has 202 valence electrons. The third-order valence-electron chi connectivity index (χ3n) is 6.29. The summed E-state index contributed by atoms with van der Waals surface area (Å²) in [6.07, 6.45) is -1.22. The largest absolute Gasteiger partial charge is 0.495 e. The minimum absolute atomic E-state index is 0.126. The number of urea groups is 1. The average Bonchev–Trinajstić information content (AvgIpc) is 3.27. The Kier molecular flexibility index (Phi) is 7.22. The summed E-state index contributed by atoms with van der Waals surface area (Å²) in [6.45, 7) is 2.82. The number of halogens is 2. The molecule has 0 aliphatic carbocycles. The lowest BCUT2D eigenvalue weighted by Crippen LogP contribution is -2.48. The minimum Gasteiger partial charge on any atom is -0.495 e. The molecular formula is C24H24Cl2N4O8. The molecular weight excluding hydrogens is 543 g/mol. The van der Waals surface area contributed by atoms with E-state index < -0.39 is 41.7 Å². The Labute approximate surface area is 226 Å².